The fourth-order valence-corrected chi connectivity index (χ4v) is 2.27. The average molecular weight is 322 g/mol. The molecule has 0 atom stereocenters. The standard InChI is InChI=1S/C15H16ClN3O3/c1-10-7-13(18(2)17-10)15(22)19(9-14(20)21)8-11-3-5-12(16)6-4-11/h3-7H,8-9H2,1-2H3,(H,20,21). The molecule has 2 aromatic rings. The van der Waals surface area contributed by atoms with Crippen LogP contribution in [0.1, 0.15) is 21.7 Å². The van der Waals surface area contributed by atoms with E-state index in [1.807, 2.05) is 0 Å². The number of carbonyl (C=O) groups is 2. The summed E-state index contributed by atoms with van der Waals surface area (Å²) >= 11 is 5.83. The third-order valence-electron chi connectivity index (χ3n) is 3.12. The molecule has 0 saturated carbocycles. The van der Waals surface area contributed by atoms with Crippen LogP contribution in [-0.4, -0.2) is 38.2 Å². The summed E-state index contributed by atoms with van der Waals surface area (Å²) in [5.74, 6) is -1.44. The Labute approximate surface area is 132 Å². The summed E-state index contributed by atoms with van der Waals surface area (Å²) in [6, 6.07) is 8.57. The lowest BCUT2D eigenvalue weighted by Crippen LogP contribution is -2.36. The first-order chi connectivity index (χ1) is 10.4. The molecule has 6 nitrogen and oxygen atoms in total. The van der Waals surface area contributed by atoms with Gasteiger partial charge in [-0.15, -0.1) is 0 Å². The molecule has 1 aromatic heterocycles. The third-order valence-corrected chi connectivity index (χ3v) is 3.37. The largest absolute Gasteiger partial charge is 0.480 e. The van der Waals surface area contributed by atoms with Crippen molar-refractivity contribution in [3.8, 4) is 0 Å². The third kappa shape index (κ3) is 3.85. The van der Waals surface area contributed by atoms with Gasteiger partial charge in [-0.05, 0) is 30.7 Å². The Hall–Kier alpha value is -2.34. The lowest BCUT2D eigenvalue weighted by Gasteiger charge is -2.20. The molecule has 116 valence electrons. The Balaban J connectivity index is 2.25. The number of aromatic nitrogens is 2. The van der Waals surface area contributed by atoms with Gasteiger partial charge in [0.2, 0.25) is 0 Å². The molecule has 0 aliphatic carbocycles. The number of hydrogen-bond acceptors (Lipinski definition) is 3. The zero-order valence-corrected chi connectivity index (χ0v) is 13.0. The molecule has 1 aromatic carbocycles. The van der Waals surface area contributed by atoms with E-state index in [1.54, 1.807) is 44.3 Å². The Morgan fingerprint density at radius 1 is 1.32 bits per heavy atom. The maximum absolute atomic E-state index is 12.6. The molecule has 1 amide bonds. The highest BCUT2D eigenvalue weighted by Crippen LogP contribution is 2.14. The fourth-order valence-electron chi connectivity index (χ4n) is 2.15. The highest BCUT2D eigenvalue weighted by molar-refractivity contribution is 6.30. The summed E-state index contributed by atoms with van der Waals surface area (Å²) in [6.07, 6.45) is 0. The molecule has 0 radical (unpaired) electrons. The van der Waals surface area contributed by atoms with Crippen LogP contribution in [0.2, 0.25) is 5.02 Å². The van der Waals surface area contributed by atoms with Crippen molar-refractivity contribution in [2.24, 2.45) is 7.05 Å². The quantitative estimate of drug-likeness (QED) is 0.915. The van der Waals surface area contributed by atoms with Crippen molar-refractivity contribution in [2.45, 2.75) is 13.5 Å². The number of carbonyl (C=O) groups excluding carboxylic acids is 1. The highest BCUT2D eigenvalue weighted by atomic mass is 35.5. The zero-order valence-electron chi connectivity index (χ0n) is 12.3. The van der Waals surface area contributed by atoms with Crippen molar-refractivity contribution >= 4 is 23.5 Å². The zero-order chi connectivity index (χ0) is 16.3. The van der Waals surface area contributed by atoms with E-state index < -0.39 is 5.97 Å². The van der Waals surface area contributed by atoms with Crippen molar-refractivity contribution < 1.29 is 14.7 Å². The summed E-state index contributed by atoms with van der Waals surface area (Å²) in [6.45, 7) is 1.58. The maximum atomic E-state index is 12.6. The summed E-state index contributed by atoms with van der Waals surface area (Å²) in [5.41, 5.74) is 1.86. The number of nitrogens with zero attached hydrogens (tertiary/aromatic N) is 3. The minimum absolute atomic E-state index is 0.187. The Morgan fingerprint density at radius 2 is 1.95 bits per heavy atom. The van der Waals surface area contributed by atoms with E-state index in [4.69, 9.17) is 16.7 Å². The summed E-state index contributed by atoms with van der Waals surface area (Å²) < 4.78 is 1.45. The molecular formula is C15H16ClN3O3. The summed E-state index contributed by atoms with van der Waals surface area (Å²) in [5, 5.41) is 13.7. The van der Waals surface area contributed by atoms with E-state index in [9.17, 15) is 9.59 Å². The van der Waals surface area contributed by atoms with Gasteiger partial charge < -0.3 is 10.0 Å². The van der Waals surface area contributed by atoms with E-state index in [0.717, 1.165) is 5.56 Å². The molecule has 0 spiro atoms. The first-order valence-electron chi connectivity index (χ1n) is 6.63. The number of amides is 1. The summed E-state index contributed by atoms with van der Waals surface area (Å²) in [7, 11) is 1.65. The van der Waals surface area contributed by atoms with Crippen molar-refractivity contribution in [1.29, 1.82) is 0 Å². The van der Waals surface area contributed by atoms with Crippen molar-refractivity contribution in [1.82, 2.24) is 14.7 Å². The number of rotatable bonds is 5. The molecule has 2 rings (SSSR count). The lowest BCUT2D eigenvalue weighted by atomic mass is 10.2. The van der Waals surface area contributed by atoms with Crippen LogP contribution >= 0.6 is 11.6 Å². The lowest BCUT2D eigenvalue weighted by molar-refractivity contribution is -0.137. The number of benzene rings is 1. The number of halogens is 1. The number of aliphatic carboxylic acids is 1. The van der Waals surface area contributed by atoms with Gasteiger partial charge in [-0.1, -0.05) is 23.7 Å². The van der Waals surface area contributed by atoms with Crippen LogP contribution in [0.3, 0.4) is 0 Å². The van der Waals surface area contributed by atoms with Gasteiger partial charge in [-0.3, -0.25) is 14.3 Å². The predicted molar refractivity (Wildman–Crippen MR) is 81.8 cm³/mol. The topological polar surface area (TPSA) is 75.4 Å². The molecule has 22 heavy (non-hydrogen) atoms. The minimum atomic E-state index is -1.07. The number of aryl methyl sites for hydroxylation is 2. The molecule has 0 aliphatic rings. The second-order valence-corrected chi connectivity index (χ2v) is 5.41. The first kappa shape index (κ1) is 16.0. The van der Waals surface area contributed by atoms with Crippen LogP contribution in [0.4, 0.5) is 0 Å². The van der Waals surface area contributed by atoms with Gasteiger partial charge in [0.15, 0.2) is 0 Å². The van der Waals surface area contributed by atoms with Crippen LogP contribution in [0.25, 0.3) is 0 Å². The monoisotopic (exact) mass is 321 g/mol. The van der Waals surface area contributed by atoms with Crippen LogP contribution in [0.15, 0.2) is 30.3 Å². The van der Waals surface area contributed by atoms with Crippen molar-refractivity contribution in [2.75, 3.05) is 6.54 Å². The fraction of sp³-hybridized carbons (Fsp3) is 0.267. The van der Waals surface area contributed by atoms with Crippen molar-refractivity contribution in [3.05, 3.63) is 52.3 Å². The second-order valence-electron chi connectivity index (χ2n) is 4.98. The van der Waals surface area contributed by atoms with Gasteiger partial charge in [0, 0.05) is 18.6 Å². The highest BCUT2D eigenvalue weighted by Gasteiger charge is 2.22. The number of hydrogen-bond donors (Lipinski definition) is 1. The average Bonchev–Trinajstić information content (AvgIpc) is 2.78. The van der Waals surface area contributed by atoms with Crippen LogP contribution in [0.5, 0.6) is 0 Å². The second kappa shape index (κ2) is 6.62. The first-order valence-corrected chi connectivity index (χ1v) is 7.01. The molecule has 0 aliphatic heterocycles. The van der Waals surface area contributed by atoms with Crippen LogP contribution in [-0.2, 0) is 18.4 Å². The summed E-state index contributed by atoms with van der Waals surface area (Å²) in [4.78, 5) is 24.9. The Bertz CT molecular complexity index is 695. The smallest absolute Gasteiger partial charge is 0.323 e. The number of carboxylic acid groups (broad SMARTS) is 1. The Kier molecular flexibility index (Phi) is 4.82. The van der Waals surface area contributed by atoms with Crippen LogP contribution in [0, 0.1) is 6.92 Å². The molecule has 0 bridgehead atoms. The maximum Gasteiger partial charge on any atom is 0.323 e. The molecular weight excluding hydrogens is 306 g/mol. The number of carboxylic acids is 1. The van der Waals surface area contributed by atoms with Gasteiger partial charge in [0.25, 0.3) is 5.91 Å². The van der Waals surface area contributed by atoms with Crippen molar-refractivity contribution in [3.63, 3.8) is 0 Å². The molecule has 0 fully saturated rings. The van der Waals surface area contributed by atoms with Crippen LogP contribution < -0.4 is 0 Å². The van der Waals surface area contributed by atoms with E-state index in [1.165, 1.54) is 9.58 Å². The van der Waals surface area contributed by atoms with Gasteiger partial charge >= 0.3 is 5.97 Å². The van der Waals surface area contributed by atoms with Gasteiger partial charge in [0.05, 0.1) is 5.69 Å². The molecule has 0 unspecified atom stereocenters. The Morgan fingerprint density at radius 3 is 2.45 bits per heavy atom. The predicted octanol–water partition coefficient (Wildman–Crippen LogP) is 2.11. The molecule has 1 heterocycles. The van der Waals surface area contributed by atoms with Gasteiger partial charge in [-0.2, -0.15) is 5.10 Å². The molecule has 1 N–H and O–H groups in total. The SMILES string of the molecule is Cc1cc(C(=O)N(CC(=O)O)Cc2ccc(Cl)cc2)n(C)n1. The molecule has 0 saturated heterocycles. The van der Waals surface area contributed by atoms with E-state index in [-0.39, 0.29) is 19.0 Å². The van der Waals surface area contributed by atoms with E-state index in [0.29, 0.717) is 16.4 Å². The van der Waals surface area contributed by atoms with Gasteiger partial charge in [0.1, 0.15) is 12.2 Å². The van der Waals surface area contributed by atoms with Gasteiger partial charge in [-0.25, -0.2) is 0 Å². The minimum Gasteiger partial charge on any atom is -0.480 e. The molecule has 7 heteroatoms. The normalized spacial score (nSPS) is 10.5. The van der Waals surface area contributed by atoms with E-state index >= 15 is 0 Å². The van der Waals surface area contributed by atoms with E-state index in [2.05, 4.69) is 5.10 Å².